The van der Waals surface area contributed by atoms with E-state index in [-0.39, 0.29) is 17.7 Å². The van der Waals surface area contributed by atoms with Crippen LogP contribution in [0.15, 0.2) is 12.1 Å². The second-order valence-electron chi connectivity index (χ2n) is 7.17. The molecule has 0 radical (unpaired) electrons. The number of benzene rings is 1. The SMILES string of the molecule is COc1cc(CN[C@@H]2CCN(c3nc(C(N)=O)nc(C)c3C)C2)c(F)cc1C. The molecular weight excluding hydrogens is 361 g/mol. The molecule has 1 amide bonds. The maximum Gasteiger partial charge on any atom is 0.286 e. The number of hydrogen-bond donors (Lipinski definition) is 2. The smallest absolute Gasteiger partial charge is 0.286 e. The number of carbonyl (C=O) groups excluding carboxylic acids is 1. The van der Waals surface area contributed by atoms with Crippen molar-refractivity contribution in [3.8, 4) is 5.75 Å². The molecule has 1 aromatic carbocycles. The lowest BCUT2D eigenvalue weighted by atomic mass is 10.1. The fourth-order valence-electron chi connectivity index (χ4n) is 3.46. The van der Waals surface area contributed by atoms with E-state index < -0.39 is 5.91 Å². The van der Waals surface area contributed by atoms with E-state index in [0.717, 1.165) is 35.6 Å². The predicted octanol–water partition coefficient (Wildman–Crippen LogP) is 2.02. The van der Waals surface area contributed by atoms with Gasteiger partial charge in [0.05, 0.1) is 7.11 Å². The third-order valence-corrected chi connectivity index (χ3v) is 5.22. The van der Waals surface area contributed by atoms with Crippen LogP contribution >= 0.6 is 0 Å². The van der Waals surface area contributed by atoms with E-state index in [1.807, 2.05) is 20.8 Å². The summed E-state index contributed by atoms with van der Waals surface area (Å²) in [5.41, 5.74) is 8.37. The lowest BCUT2D eigenvalue weighted by Gasteiger charge is -2.21. The van der Waals surface area contributed by atoms with E-state index in [4.69, 9.17) is 10.5 Å². The van der Waals surface area contributed by atoms with Crippen LogP contribution in [0, 0.1) is 26.6 Å². The van der Waals surface area contributed by atoms with Gasteiger partial charge in [-0.1, -0.05) is 0 Å². The quantitative estimate of drug-likeness (QED) is 0.788. The minimum Gasteiger partial charge on any atom is -0.496 e. The summed E-state index contributed by atoms with van der Waals surface area (Å²) in [6, 6.07) is 3.41. The summed E-state index contributed by atoms with van der Waals surface area (Å²) in [6.45, 7) is 7.50. The number of methoxy groups -OCH3 is 1. The van der Waals surface area contributed by atoms with Crippen LogP contribution in [0.1, 0.15) is 39.4 Å². The number of aryl methyl sites for hydroxylation is 2. The van der Waals surface area contributed by atoms with Crippen molar-refractivity contribution in [2.45, 2.75) is 39.8 Å². The highest BCUT2D eigenvalue weighted by molar-refractivity contribution is 5.89. The summed E-state index contributed by atoms with van der Waals surface area (Å²) >= 11 is 0. The fourth-order valence-corrected chi connectivity index (χ4v) is 3.46. The standard InChI is InChI=1S/C20H26FN5O2/c1-11-7-16(21)14(8-17(11)28-4)9-23-15-5-6-26(10-15)20-12(2)13(3)24-19(25-20)18(22)27/h7-8,15,23H,5-6,9-10H2,1-4H3,(H2,22,27)/t15-/m1/s1. The van der Waals surface area contributed by atoms with Crippen LogP contribution in [0.25, 0.3) is 0 Å². The first-order valence-corrected chi connectivity index (χ1v) is 9.26. The summed E-state index contributed by atoms with van der Waals surface area (Å²) in [5.74, 6) is 0.561. The number of aromatic nitrogens is 2. The summed E-state index contributed by atoms with van der Waals surface area (Å²) in [7, 11) is 1.58. The lowest BCUT2D eigenvalue weighted by Crippen LogP contribution is -2.33. The largest absolute Gasteiger partial charge is 0.496 e. The first-order valence-electron chi connectivity index (χ1n) is 9.26. The van der Waals surface area contributed by atoms with Gasteiger partial charge >= 0.3 is 0 Å². The highest BCUT2D eigenvalue weighted by atomic mass is 19.1. The van der Waals surface area contributed by atoms with Gasteiger partial charge in [-0.25, -0.2) is 14.4 Å². The zero-order valence-electron chi connectivity index (χ0n) is 16.7. The Balaban J connectivity index is 1.69. The van der Waals surface area contributed by atoms with Crippen LogP contribution in [0.5, 0.6) is 5.75 Å². The zero-order valence-corrected chi connectivity index (χ0v) is 16.7. The van der Waals surface area contributed by atoms with E-state index in [1.54, 1.807) is 13.2 Å². The summed E-state index contributed by atoms with van der Waals surface area (Å²) < 4.78 is 19.5. The molecule has 1 fully saturated rings. The summed E-state index contributed by atoms with van der Waals surface area (Å²) in [5, 5.41) is 3.41. The molecule has 7 nitrogen and oxygen atoms in total. The summed E-state index contributed by atoms with van der Waals surface area (Å²) in [6.07, 6.45) is 0.888. The van der Waals surface area contributed by atoms with Crippen molar-refractivity contribution < 1.29 is 13.9 Å². The normalized spacial score (nSPS) is 16.5. The average molecular weight is 387 g/mol. The van der Waals surface area contributed by atoms with Gasteiger partial charge in [0.1, 0.15) is 17.4 Å². The molecule has 0 saturated carbocycles. The zero-order chi connectivity index (χ0) is 20.4. The van der Waals surface area contributed by atoms with Gasteiger partial charge < -0.3 is 20.7 Å². The number of nitrogens with zero attached hydrogens (tertiary/aromatic N) is 3. The maximum absolute atomic E-state index is 14.2. The number of hydrogen-bond acceptors (Lipinski definition) is 6. The van der Waals surface area contributed by atoms with Crippen LogP contribution in [-0.4, -0.2) is 42.1 Å². The third-order valence-electron chi connectivity index (χ3n) is 5.22. The molecule has 1 aliphatic heterocycles. The molecule has 150 valence electrons. The molecule has 1 atom stereocenters. The minimum absolute atomic E-state index is 0.0309. The topological polar surface area (TPSA) is 93.4 Å². The Morgan fingerprint density at radius 2 is 2.11 bits per heavy atom. The number of nitrogens with two attached hydrogens (primary N) is 1. The minimum atomic E-state index is -0.637. The number of anilines is 1. The van der Waals surface area contributed by atoms with Crippen LogP contribution < -0.4 is 20.7 Å². The summed E-state index contributed by atoms with van der Waals surface area (Å²) in [4.78, 5) is 22.1. The average Bonchev–Trinajstić information content (AvgIpc) is 3.11. The third kappa shape index (κ3) is 4.06. The molecule has 0 aliphatic carbocycles. The van der Waals surface area contributed by atoms with Crippen molar-refractivity contribution in [3.63, 3.8) is 0 Å². The van der Waals surface area contributed by atoms with Crippen molar-refractivity contribution in [3.05, 3.63) is 46.2 Å². The number of amides is 1. The number of ether oxygens (including phenoxy) is 1. The van der Waals surface area contributed by atoms with E-state index >= 15 is 0 Å². The van der Waals surface area contributed by atoms with Gasteiger partial charge in [-0.05, 0) is 44.9 Å². The van der Waals surface area contributed by atoms with Gasteiger partial charge in [0, 0.05) is 42.5 Å². The Morgan fingerprint density at radius 3 is 2.79 bits per heavy atom. The number of halogens is 1. The monoisotopic (exact) mass is 387 g/mol. The van der Waals surface area contributed by atoms with E-state index in [1.165, 1.54) is 6.07 Å². The number of primary amides is 1. The van der Waals surface area contributed by atoms with Gasteiger partial charge in [0.25, 0.3) is 5.91 Å². The molecule has 2 aromatic rings. The Bertz CT molecular complexity index is 903. The van der Waals surface area contributed by atoms with Crippen molar-refractivity contribution in [2.24, 2.45) is 5.73 Å². The van der Waals surface area contributed by atoms with Crippen molar-refractivity contribution in [1.82, 2.24) is 15.3 Å². The molecule has 1 aliphatic rings. The Hall–Kier alpha value is -2.74. The number of carbonyl (C=O) groups is 1. The van der Waals surface area contributed by atoms with Gasteiger partial charge in [-0.15, -0.1) is 0 Å². The molecule has 3 N–H and O–H groups in total. The second-order valence-corrected chi connectivity index (χ2v) is 7.17. The Kier molecular flexibility index (Phi) is 5.79. The highest BCUT2D eigenvalue weighted by Crippen LogP contribution is 2.25. The van der Waals surface area contributed by atoms with E-state index in [2.05, 4.69) is 20.2 Å². The molecule has 28 heavy (non-hydrogen) atoms. The van der Waals surface area contributed by atoms with Crippen LogP contribution in [0.3, 0.4) is 0 Å². The molecule has 0 unspecified atom stereocenters. The van der Waals surface area contributed by atoms with Crippen molar-refractivity contribution >= 4 is 11.7 Å². The van der Waals surface area contributed by atoms with Gasteiger partial charge in [-0.3, -0.25) is 4.79 Å². The number of nitrogens with one attached hydrogen (secondary N) is 1. The van der Waals surface area contributed by atoms with E-state index in [0.29, 0.717) is 24.4 Å². The molecule has 2 heterocycles. The molecule has 3 rings (SSSR count). The van der Waals surface area contributed by atoms with Gasteiger partial charge in [0.15, 0.2) is 0 Å². The Labute approximate surface area is 164 Å². The molecule has 0 bridgehead atoms. The Morgan fingerprint density at radius 1 is 1.36 bits per heavy atom. The fraction of sp³-hybridized carbons (Fsp3) is 0.450. The van der Waals surface area contributed by atoms with Crippen LogP contribution in [0.2, 0.25) is 0 Å². The van der Waals surface area contributed by atoms with Crippen LogP contribution in [0.4, 0.5) is 10.2 Å². The van der Waals surface area contributed by atoms with Gasteiger partial charge in [-0.2, -0.15) is 0 Å². The van der Waals surface area contributed by atoms with Crippen LogP contribution in [-0.2, 0) is 6.54 Å². The second kappa shape index (κ2) is 8.10. The predicted molar refractivity (Wildman–Crippen MR) is 105 cm³/mol. The molecule has 8 heteroatoms. The molecule has 0 spiro atoms. The highest BCUT2D eigenvalue weighted by Gasteiger charge is 2.26. The van der Waals surface area contributed by atoms with Crippen molar-refractivity contribution in [2.75, 3.05) is 25.1 Å². The van der Waals surface area contributed by atoms with E-state index in [9.17, 15) is 9.18 Å². The maximum atomic E-state index is 14.2. The first-order chi connectivity index (χ1) is 13.3. The lowest BCUT2D eigenvalue weighted by molar-refractivity contribution is 0.0990. The molecule has 1 saturated heterocycles. The van der Waals surface area contributed by atoms with Crippen molar-refractivity contribution in [1.29, 1.82) is 0 Å². The molecule has 1 aromatic heterocycles. The van der Waals surface area contributed by atoms with Gasteiger partial charge in [0.2, 0.25) is 5.82 Å². The first kappa shape index (κ1) is 20.0. The number of rotatable bonds is 6. The molecular formula is C20H26FN5O2.